The summed E-state index contributed by atoms with van der Waals surface area (Å²) in [4.78, 5) is 2.54. The van der Waals surface area contributed by atoms with E-state index in [1.165, 1.54) is 37.9 Å². The molecule has 2 nitrogen and oxygen atoms in total. The number of hydrogen-bond donors (Lipinski definition) is 1. The summed E-state index contributed by atoms with van der Waals surface area (Å²) in [5.74, 6) is 0. The Bertz CT molecular complexity index is 304. The molecule has 2 heteroatoms. The van der Waals surface area contributed by atoms with Gasteiger partial charge in [0, 0.05) is 19.1 Å². The van der Waals surface area contributed by atoms with Gasteiger partial charge in [0.1, 0.15) is 0 Å². The topological polar surface area (TPSA) is 15.3 Å². The molecule has 0 amide bonds. The minimum atomic E-state index is 0.701. The number of nitrogens with zero attached hydrogens (tertiary/aromatic N) is 1. The fraction of sp³-hybridized carbons (Fsp3) is 0.600. The van der Waals surface area contributed by atoms with E-state index in [4.69, 9.17) is 0 Å². The lowest BCUT2D eigenvalue weighted by Crippen LogP contribution is -2.43. The number of piperidine rings is 1. The number of hydrogen-bond acceptors (Lipinski definition) is 2. The molecule has 17 heavy (non-hydrogen) atoms. The van der Waals surface area contributed by atoms with Crippen LogP contribution in [-0.2, 0) is 6.54 Å². The highest BCUT2D eigenvalue weighted by Crippen LogP contribution is 2.10. The van der Waals surface area contributed by atoms with Crippen molar-refractivity contribution in [2.75, 3.05) is 19.6 Å². The summed E-state index contributed by atoms with van der Waals surface area (Å²) >= 11 is 0. The molecule has 0 spiro atoms. The van der Waals surface area contributed by atoms with Crippen LogP contribution in [0.25, 0.3) is 0 Å². The van der Waals surface area contributed by atoms with Crippen LogP contribution in [0.2, 0.25) is 0 Å². The van der Waals surface area contributed by atoms with Crippen molar-refractivity contribution in [2.45, 2.75) is 38.8 Å². The van der Waals surface area contributed by atoms with Crippen molar-refractivity contribution in [3.63, 3.8) is 0 Å². The van der Waals surface area contributed by atoms with Crippen LogP contribution in [-0.4, -0.2) is 30.6 Å². The molecule has 1 fully saturated rings. The van der Waals surface area contributed by atoms with E-state index in [1.54, 1.807) is 0 Å². The first-order valence-electron chi connectivity index (χ1n) is 6.88. The third kappa shape index (κ3) is 4.14. The molecule has 1 aliphatic heterocycles. The standard InChI is InChI=1S/C15H24N2/c1-2-17(12-14-8-4-3-5-9-14)13-15-10-6-7-11-16-15/h3-5,8-9,15-16H,2,6-7,10-13H2,1H3/t15-/m0/s1. The van der Waals surface area contributed by atoms with Crippen molar-refractivity contribution < 1.29 is 0 Å². The van der Waals surface area contributed by atoms with Crippen LogP contribution >= 0.6 is 0 Å². The second-order valence-corrected chi connectivity index (χ2v) is 4.96. The molecular formula is C15H24N2. The molecule has 1 N–H and O–H groups in total. The quantitative estimate of drug-likeness (QED) is 0.839. The fourth-order valence-electron chi connectivity index (χ4n) is 2.54. The molecule has 1 aliphatic rings. The van der Waals surface area contributed by atoms with Gasteiger partial charge < -0.3 is 5.32 Å². The van der Waals surface area contributed by atoms with Gasteiger partial charge in [0.25, 0.3) is 0 Å². The van der Waals surface area contributed by atoms with Gasteiger partial charge in [0.15, 0.2) is 0 Å². The summed E-state index contributed by atoms with van der Waals surface area (Å²) in [6.07, 6.45) is 4.08. The molecule has 1 saturated heterocycles. The SMILES string of the molecule is CCN(Cc1ccccc1)C[C@@H]1CCCCN1. The average Bonchev–Trinajstić information content (AvgIpc) is 2.40. The molecule has 1 atom stereocenters. The van der Waals surface area contributed by atoms with Crippen molar-refractivity contribution in [3.8, 4) is 0 Å². The third-order valence-corrected chi connectivity index (χ3v) is 3.59. The number of likely N-dealkylation sites (N-methyl/N-ethyl adjacent to an activating group) is 1. The van der Waals surface area contributed by atoms with Crippen molar-refractivity contribution >= 4 is 0 Å². The van der Waals surface area contributed by atoms with Gasteiger partial charge in [-0.2, -0.15) is 0 Å². The Morgan fingerprint density at radius 1 is 1.24 bits per heavy atom. The number of rotatable bonds is 5. The van der Waals surface area contributed by atoms with Crippen LogP contribution in [0, 0.1) is 0 Å². The second-order valence-electron chi connectivity index (χ2n) is 4.96. The Balaban J connectivity index is 1.83. The molecular weight excluding hydrogens is 208 g/mol. The van der Waals surface area contributed by atoms with E-state index in [0.717, 1.165) is 13.1 Å². The highest BCUT2D eigenvalue weighted by Gasteiger charge is 2.15. The minimum absolute atomic E-state index is 0.701. The third-order valence-electron chi connectivity index (χ3n) is 3.59. The number of nitrogens with one attached hydrogen (secondary N) is 1. The molecule has 0 aromatic heterocycles. The fourth-order valence-corrected chi connectivity index (χ4v) is 2.54. The minimum Gasteiger partial charge on any atom is -0.313 e. The van der Waals surface area contributed by atoms with Crippen molar-refractivity contribution in [1.29, 1.82) is 0 Å². The van der Waals surface area contributed by atoms with Crippen LogP contribution in [0.3, 0.4) is 0 Å². The summed E-state index contributed by atoms with van der Waals surface area (Å²) in [5.41, 5.74) is 1.42. The van der Waals surface area contributed by atoms with Crippen LogP contribution in [0.5, 0.6) is 0 Å². The monoisotopic (exact) mass is 232 g/mol. The van der Waals surface area contributed by atoms with E-state index in [-0.39, 0.29) is 0 Å². The number of benzene rings is 1. The van der Waals surface area contributed by atoms with Gasteiger partial charge in [-0.3, -0.25) is 4.90 Å². The van der Waals surface area contributed by atoms with Crippen LogP contribution < -0.4 is 5.32 Å². The maximum absolute atomic E-state index is 3.63. The molecule has 1 heterocycles. The van der Waals surface area contributed by atoms with Gasteiger partial charge in [0.2, 0.25) is 0 Å². The molecule has 0 radical (unpaired) electrons. The first-order valence-corrected chi connectivity index (χ1v) is 6.88. The summed E-state index contributed by atoms with van der Waals surface area (Å²) in [6.45, 7) is 6.85. The maximum Gasteiger partial charge on any atom is 0.0234 e. The van der Waals surface area contributed by atoms with E-state index in [0.29, 0.717) is 6.04 Å². The van der Waals surface area contributed by atoms with Crippen LogP contribution in [0.4, 0.5) is 0 Å². The predicted molar refractivity (Wildman–Crippen MR) is 73.0 cm³/mol. The molecule has 1 aromatic rings. The normalized spacial score (nSPS) is 20.7. The molecule has 1 aromatic carbocycles. The smallest absolute Gasteiger partial charge is 0.0234 e. The lowest BCUT2D eigenvalue weighted by Gasteiger charge is -2.29. The summed E-state index contributed by atoms with van der Waals surface area (Å²) < 4.78 is 0. The Kier molecular flexibility index (Phi) is 5.02. The van der Waals surface area contributed by atoms with Gasteiger partial charge in [-0.1, -0.05) is 43.7 Å². The van der Waals surface area contributed by atoms with Crippen molar-refractivity contribution in [1.82, 2.24) is 10.2 Å². The zero-order valence-electron chi connectivity index (χ0n) is 10.9. The zero-order chi connectivity index (χ0) is 11.9. The highest BCUT2D eigenvalue weighted by molar-refractivity contribution is 5.14. The van der Waals surface area contributed by atoms with E-state index in [1.807, 2.05) is 0 Å². The highest BCUT2D eigenvalue weighted by atomic mass is 15.1. The molecule has 0 unspecified atom stereocenters. The van der Waals surface area contributed by atoms with Crippen LogP contribution in [0.1, 0.15) is 31.7 Å². The largest absolute Gasteiger partial charge is 0.313 e. The van der Waals surface area contributed by atoms with Gasteiger partial charge in [0.05, 0.1) is 0 Å². The van der Waals surface area contributed by atoms with Gasteiger partial charge in [-0.25, -0.2) is 0 Å². The zero-order valence-corrected chi connectivity index (χ0v) is 10.9. The Morgan fingerprint density at radius 3 is 2.71 bits per heavy atom. The molecule has 0 aliphatic carbocycles. The van der Waals surface area contributed by atoms with Crippen molar-refractivity contribution in [3.05, 3.63) is 35.9 Å². The molecule has 0 saturated carbocycles. The molecule has 94 valence electrons. The van der Waals surface area contributed by atoms with Gasteiger partial charge >= 0.3 is 0 Å². The maximum atomic E-state index is 3.63. The lowest BCUT2D eigenvalue weighted by molar-refractivity contribution is 0.226. The first-order chi connectivity index (χ1) is 8.38. The van der Waals surface area contributed by atoms with E-state index < -0.39 is 0 Å². The van der Waals surface area contributed by atoms with E-state index in [2.05, 4.69) is 47.5 Å². The summed E-state index contributed by atoms with van der Waals surface area (Å²) in [7, 11) is 0. The summed E-state index contributed by atoms with van der Waals surface area (Å²) in [5, 5.41) is 3.63. The Hall–Kier alpha value is -0.860. The van der Waals surface area contributed by atoms with Gasteiger partial charge in [-0.15, -0.1) is 0 Å². The second kappa shape index (κ2) is 6.77. The van der Waals surface area contributed by atoms with Crippen molar-refractivity contribution in [2.24, 2.45) is 0 Å². The average molecular weight is 232 g/mol. The lowest BCUT2D eigenvalue weighted by atomic mass is 10.0. The van der Waals surface area contributed by atoms with Gasteiger partial charge in [-0.05, 0) is 31.5 Å². The Morgan fingerprint density at radius 2 is 2.06 bits per heavy atom. The molecule has 0 bridgehead atoms. The summed E-state index contributed by atoms with van der Waals surface area (Å²) in [6, 6.07) is 11.5. The Labute approximate surface area is 105 Å². The first kappa shape index (κ1) is 12.6. The van der Waals surface area contributed by atoms with E-state index in [9.17, 15) is 0 Å². The molecule has 2 rings (SSSR count). The predicted octanol–water partition coefficient (Wildman–Crippen LogP) is 2.65. The van der Waals surface area contributed by atoms with E-state index >= 15 is 0 Å². The van der Waals surface area contributed by atoms with Crippen LogP contribution in [0.15, 0.2) is 30.3 Å².